The van der Waals surface area contributed by atoms with Crippen molar-refractivity contribution in [1.29, 1.82) is 0 Å². The van der Waals surface area contributed by atoms with Crippen molar-refractivity contribution >= 4 is 22.6 Å². The van der Waals surface area contributed by atoms with E-state index in [9.17, 15) is 18.7 Å². The first-order valence-corrected chi connectivity index (χ1v) is 8.57. The fraction of sp³-hybridized carbons (Fsp3) is 0.0476. The quantitative estimate of drug-likeness (QED) is 0.542. The van der Waals surface area contributed by atoms with Gasteiger partial charge in [0.05, 0.1) is 12.8 Å². The van der Waals surface area contributed by atoms with Crippen molar-refractivity contribution in [2.45, 2.75) is 6.54 Å². The summed E-state index contributed by atoms with van der Waals surface area (Å²) in [4.78, 5) is 16.8. The zero-order chi connectivity index (χ0) is 20.4. The van der Waals surface area contributed by atoms with Gasteiger partial charge in [0.25, 0.3) is 5.91 Å². The van der Waals surface area contributed by atoms with Crippen molar-refractivity contribution in [3.8, 4) is 5.75 Å². The van der Waals surface area contributed by atoms with Crippen LogP contribution >= 0.6 is 0 Å². The lowest BCUT2D eigenvalue weighted by Gasteiger charge is -2.06. The molecular weight excluding hydrogens is 382 g/mol. The second-order valence-corrected chi connectivity index (χ2v) is 6.16. The Kier molecular flexibility index (Phi) is 4.82. The highest BCUT2D eigenvalue weighted by Gasteiger charge is 2.14. The molecule has 4 aromatic rings. The molecule has 2 N–H and O–H groups in total. The topological polar surface area (TPSA) is 88.0 Å². The minimum absolute atomic E-state index is 0.0403. The van der Waals surface area contributed by atoms with Gasteiger partial charge >= 0.3 is 0 Å². The molecule has 0 aliphatic heterocycles. The number of nitrogens with zero attached hydrogens (tertiary/aromatic N) is 1. The third-order valence-corrected chi connectivity index (χ3v) is 4.11. The van der Waals surface area contributed by atoms with Gasteiger partial charge in [0.1, 0.15) is 34.2 Å². The number of carbonyl (C=O) groups excluding carboxylic acids is 1. The van der Waals surface area contributed by atoms with E-state index in [1.165, 1.54) is 24.5 Å². The lowest BCUT2D eigenvalue weighted by Crippen LogP contribution is -2.28. The molecule has 0 aliphatic rings. The van der Waals surface area contributed by atoms with Crippen LogP contribution in [0.5, 0.6) is 5.75 Å². The Morgan fingerprint density at radius 1 is 1.10 bits per heavy atom. The average Bonchev–Trinajstić information content (AvgIpc) is 3.21. The molecule has 0 saturated heterocycles. The largest absolute Gasteiger partial charge is 0.508 e. The van der Waals surface area contributed by atoms with Crippen molar-refractivity contribution in [3.05, 3.63) is 89.4 Å². The number of benzene rings is 2. The highest BCUT2D eigenvalue weighted by atomic mass is 19.1. The van der Waals surface area contributed by atoms with Crippen LogP contribution in [-0.2, 0) is 6.54 Å². The van der Waals surface area contributed by atoms with E-state index in [0.29, 0.717) is 17.2 Å². The molecule has 8 heteroatoms. The molecule has 0 bridgehead atoms. The predicted molar refractivity (Wildman–Crippen MR) is 99.3 cm³/mol. The monoisotopic (exact) mass is 396 g/mol. The molecule has 1 amide bonds. The first kappa shape index (κ1) is 18.4. The molecule has 2 aromatic heterocycles. The molecule has 2 aromatic carbocycles. The molecule has 146 valence electrons. The molecule has 6 nitrogen and oxygen atoms in total. The molecular formula is C21H14F2N2O4. The van der Waals surface area contributed by atoms with Crippen LogP contribution in [0.4, 0.5) is 14.5 Å². The number of halogens is 2. The Morgan fingerprint density at radius 2 is 1.97 bits per heavy atom. The Hall–Kier alpha value is -3.94. The maximum atomic E-state index is 14.1. The number of amides is 1. The first-order valence-electron chi connectivity index (χ1n) is 8.57. The third-order valence-electron chi connectivity index (χ3n) is 4.11. The Labute approximate surface area is 162 Å². The van der Waals surface area contributed by atoms with Gasteiger partial charge in [-0.3, -0.25) is 4.79 Å². The number of carbonyl (C=O) groups is 1. The Morgan fingerprint density at radius 3 is 2.72 bits per heavy atom. The molecule has 4 rings (SSSR count). The Balaban J connectivity index is 1.82. The number of aromatic hydroxyl groups is 1. The number of hydrogen-bond acceptors (Lipinski definition) is 5. The van der Waals surface area contributed by atoms with Gasteiger partial charge in [-0.05, 0) is 42.5 Å². The van der Waals surface area contributed by atoms with Crippen LogP contribution in [-0.4, -0.2) is 11.0 Å². The van der Waals surface area contributed by atoms with E-state index in [2.05, 4.69) is 10.3 Å². The summed E-state index contributed by atoms with van der Waals surface area (Å²) in [5.74, 6) is -1.68. The number of fused-ring (bicyclic) bond motifs is 1. The highest BCUT2D eigenvalue weighted by Crippen LogP contribution is 2.21. The lowest BCUT2D eigenvalue weighted by molar-refractivity contribution is 0.0944. The number of rotatable bonds is 4. The van der Waals surface area contributed by atoms with Crippen LogP contribution in [0.25, 0.3) is 11.0 Å². The van der Waals surface area contributed by atoms with Crippen molar-refractivity contribution in [2.24, 2.45) is 4.99 Å². The highest BCUT2D eigenvalue weighted by molar-refractivity contribution is 5.96. The number of phenols is 1. The summed E-state index contributed by atoms with van der Waals surface area (Å²) in [5.41, 5.74) is -0.104. The number of hydrogen-bond donors (Lipinski definition) is 2. The van der Waals surface area contributed by atoms with E-state index in [1.54, 1.807) is 18.2 Å². The van der Waals surface area contributed by atoms with E-state index in [-0.39, 0.29) is 34.7 Å². The van der Waals surface area contributed by atoms with Crippen LogP contribution in [0.3, 0.4) is 0 Å². The van der Waals surface area contributed by atoms with Crippen molar-refractivity contribution in [2.75, 3.05) is 0 Å². The van der Waals surface area contributed by atoms with Gasteiger partial charge in [0.2, 0.25) is 5.55 Å². The minimum Gasteiger partial charge on any atom is -0.508 e. The Bertz CT molecular complexity index is 1260. The lowest BCUT2D eigenvalue weighted by atomic mass is 10.1. The second kappa shape index (κ2) is 7.59. The number of furan rings is 1. The van der Waals surface area contributed by atoms with Gasteiger partial charge in [-0.25, -0.2) is 13.8 Å². The molecule has 0 radical (unpaired) electrons. The summed E-state index contributed by atoms with van der Waals surface area (Å²) in [6.45, 7) is 0.129. The number of nitrogens with one attached hydrogen (secondary N) is 1. The van der Waals surface area contributed by atoms with Crippen LogP contribution in [0, 0.1) is 11.6 Å². The van der Waals surface area contributed by atoms with Gasteiger partial charge < -0.3 is 19.3 Å². The van der Waals surface area contributed by atoms with E-state index >= 15 is 0 Å². The molecule has 29 heavy (non-hydrogen) atoms. The predicted octanol–water partition coefficient (Wildman–Crippen LogP) is 4.17. The molecule has 0 unspecified atom stereocenters. The van der Waals surface area contributed by atoms with E-state index in [1.807, 2.05) is 0 Å². The summed E-state index contributed by atoms with van der Waals surface area (Å²) in [5, 5.41) is 12.9. The summed E-state index contributed by atoms with van der Waals surface area (Å²) in [7, 11) is 0. The van der Waals surface area contributed by atoms with Gasteiger partial charge in [-0.2, -0.15) is 0 Å². The van der Waals surface area contributed by atoms with E-state index in [0.717, 1.165) is 12.1 Å². The van der Waals surface area contributed by atoms with Gasteiger partial charge in [-0.15, -0.1) is 0 Å². The smallest absolute Gasteiger partial charge is 0.257 e. The molecule has 0 aliphatic carbocycles. The van der Waals surface area contributed by atoms with Crippen LogP contribution in [0.15, 0.2) is 74.7 Å². The molecule has 0 spiro atoms. The number of phenolic OH excluding ortho intramolecular Hbond substituents is 1. The fourth-order valence-corrected chi connectivity index (χ4v) is 2.71. The van der Waals surface area contributed by atoms with E-state index in [4.69, 9.17) is 8.83 Å². The van der Waals surface area contributed by atoms with Crippen molar-refractivity contribution < 1.29 is 27.5 Å². The standard InChI is InChI=1S/C21H14F2N2O4/c22-13-4-6-18(17(23)9-13)25-21-16(20(27)24-11-15-2-1-7-28-15)8-12-3-5-14(26)10-19(12)29-21/h1-10,26H,11H2,(H,24,27). The third kappa shape index (κ3) is 4.01. The summed E-state index contributed by atoms with van der Waals surface area (Å²) in [6, 6.07) is 12.1. The summed E-state index contributed by atoms with van der Waals surface area (Å²) >= 11 is 0. The summed E-state index contributed by atoms with van der Waals surface area (Å²) in [6.07, 6.45) is 1.48. The average molecular weight is 396 g/mol. The SMILES string of the molecule is O=C(NCc1ccco1)c1cc2ccc(O)cc2oc1=Nc1ccc(F)cc1F. The zero-order valence-electron chi connectivity index (χ0n) is 14.9. The van der Waals surface area contributed by atoms with Crippen molar-refractivity contribution in [3.63, 3.8) is 0 Å². The molecule has 0 atom stereocenters. The minimum atomic E-state index is -0.904. The maximum Gasteiger partial charge on any atom is 0.257 e. The maximum absolute atomic E-state index is 14.1. The zero-order valence-corrected chi connectivity index (χ0v) is 14.9. The van der Waals surface area contributed by atoms with Crippen LogP contribution < -0.4 is 10.9 Å². The van der Waals surface area contributed by atoms with Gasteiger partial charge in [0, 0.05) is 17.5 Å². The van der Waals surface area contributed by atoms with E-state index < -0.39 is 17.5 Å². The summed E-state index contributed by atoms with van der Waals surface area (Å²) < 4.78 is 38.1. The van der Waals surface area contributed by atoms with Crippen molar-refractivity contribution in [1.82, 2.24) is 5.32 Å². The van der Waals surface area contributed by atoms with Crippen LogP contribution in [0.1, 0.15) is 16.1 Å². The molecule has 2 heterocycles. The van der Waals surface area contributed by atoms with Crippen LogP contribution in [0.2, 0.25) is 0 Å². The fourth-order valence-electron chi connectivity index (χ4n) is 2.71. The normalized spacial score (nSPS) is 11.7. The molecule has 0 saturated carbocycles. The van der Waals surface area contributed by atoms with Gasteiger partial charge in [-0.1, -0.05) is 0 Å². The molecule has 0 fully saturated rings. The first-order chi connectivity index (χ1) is 14.0. The second-order valence-electron chi connectivity index (χ2n) is 6.16. The van der Waals surface area contributed by atoms with Gasteiger partial charge in [0.15, 0.2) is 5.82 Å².